The van der Waals surface area contributed by atoms with Crippen LogP contribution in [-0.4, -0.2) is 23.9 Å². The Morgan fingerprint density at radius 2 is 0.352 bits per heavy atom. The summed E-state index contributed by atoms with van der Waals surface area (Å²) < 4.78 is 0. The van der Waals surface area contributed by atoms with Crippen LogP contribution in [0.25, 0.3) is 0 Å². The fourth-order valence-electron chi connectivity index (χ4n) is 17.4. The van der Waals surface area contributed by atoms with Gasteiger partial charge in [0.05, 0.1) is 0 Å². The Bertz CT molecular complexity index is 1110. The van der Waals surface area contributed by atoms with Gasteiger partial charge in [-0.05, 0) is 225 Å². The first-order valence-electron chi connectivity index (χ1n) is 21.6. The number of carbonyl (C=O) groups excluding carboxylic acids is 4. The maximum Gasteiger partial charge on any atom is 2.00 e. The van der Waals surface area contributed by atoms with Gasteiger partial charge in [0, 0.05) is 45.5 Å². The van der Waals surface area contributed by atoms with Crippen LogP contribution in [-0.2, 0) is 58.1 Å². The van der Waals surface area contributed by atoms with E-state index in [1.54, 1.807) is 0 Å². The van der Waals surface area contributed by atoms with Gasteiger partial charge in [0.1, 0.15) is 0 Å². The van der Waals surface area contributed by atoms with E-state index in [1.807, 2.05) is 0 Å². The van der Waals surface area contributed by atoms with E-state index >= 15 is 0 Å². The van der Waals surface area contributed by atoms with Gasteiger partial charge in [-0.25, -0.2) is 0 Å². The zero-order valence-corrected chi connectivity index (χ0v) is 35.1. The summed E-state index contributed by atoms with van der Waals surface area (Å²) in [5.74, 6) is 5.52. The number of carboxylic acid groups (broad SMARTS) is 4. The number of carboxylic acids is 4. The molecule has 2 radical (unpaired) electrons. The zero-order chi connectivity index (χ0) is 36.2. The first-order valence-corrected chi connectivity index (χ1v) is 21.6. The summed E-state index contributed by atoms with van der Waals surface area (Å²) >= 11 is 0. The quantitative estimate of drug-likeness (QED) is 0.385. The molecular weight excluding hydrogens is 862 g/mol. The van der Waals surface area contributed by atoms with Gasteiger partial charge < -0.3 is 39.6 Å². The molecule has 8 nitrogen and oxygen atoms in total. The Kier molecular flexibility index (Phi) is 11.5. The molecule has 54 heavy (non-hydrogen) atoms. The summed E-state index contributed by atoms with van der Waals surface area (Å²) in [4.78, 5) is 44.6. The SMILES string of the molecule is O=C([O-])C12CC3CC(CC(C3)C1)C2.O=C([O-])C12CC3CC(CC(C3)C1)C2.O=C([O-])C12CC3CC(CC(C3)C1)C2.O=C([O-])C12CC3CC(CC(C3)C1)C2.[Rh+2].[Rh+2]. The topological polar surface area (TPSA) is 161 Å². The van der Waals surface area contributed by atoms with E-state index in [0.717, 1.165) is 77.0 Å². The molecule has 0 aromatic carbocycles. The van der Waals surface area contributed by atoms with Crippen molar-refractivity contribution in [2.45, 2.75) is 154 Å². The largest absolute Gasteiger partial charge is 2.00 e. The Hall–Kier alpha value is -0.873. The Morgan fingerprint density at radius 1 is 0.259 bits per heavy atom. The number of hydrogen-bond acceptors (Lipinski definition) is 8. The van der Waals surface area contributed by atoms with Crippen molar-refractivity contribution in [3.05, 3.63) is 0 Å². The average Bonchev–Trinajstić information content (AvgIpc) is 3.03. The average molecular weight is 923 g/mol. The summed E-state index contributed by atoms with van der Waals surface area (Å²) in [6.45, 7) is 0. The molecule has 0 aliphatic heterocycles. The first kappa shape index (κ1) is 41.3. The monoisotopic (exact) mass is 922 g/mol. The molecule has 302 valence electrons. The van der Waals surface area contributed by atoms with Crippen molar-refractivity contribution in [3.63, 3.8) is 0 Å². The molecule has 0 aromatic heterocycles. The predicted molar refractivity (Wildman–Crippen MR) is 182 cm³/mol. The molecule has 0 saturated heterocycles. The molecule has 0 unspecified atom stereocenters. The third-order valence-electron chi connectivity index (χ3n) is 17.9. The molecule has 0 aromatic rings. The minimum atomic E-state index is -0.758. The zero-order valence-electron chi connectivity index (χ0n) is 31.8. The molecule has 0 N–H and O–H groups in total. The second-order valence-electron chi connectivity index (χ2n) is 21.9. The van der Waals surface area contributed by atoms with E-state index in [-0.39, 0.29) is 39.0 Å². The van der Waals surface area contributed by atoms with Gasteiger partial charge in [0.2, 0.25) is 0 Å². The van der Waals surface area contributed by atoms with Crippen LogP contribution < -0.4 is 20.4 Å². The van der Waals surface area contributed by atoms with Crippen molar-refractivity contribution in [1.82, 2.24) is 0 Å². The number of hydrogen-bond donors (Lipinski definition) is 0. The second-order valence-corrected chi connectivity index (χ2v) is 21.9. The summed E-state index contributed by atoms with van der Waals surface area (Å²) in [6.07, 6.45) is 26.6. The van der Waals surface area contributed by atoms with Crippen molar-refractivity contribution in [3.8, 4) is 0 Å². The van der Waals surface area contributed by atoms with Crippen molar-refractivity contribution in [2.24, 2.45) is 92.7 Å². The van der Waals surface area contributed by atoms with Crippen LogP contribution in [0.15, 0.2) is 0 Å². The molecule has 16 fully saturated rings. The van der Waals surface area contributed by atoms with Crippen molar-refractivity contribution >= 4 is 23.9 Å². The smallest absolute Gasteiger partial charge is 0.550 e. The summed E-state index contributed by atoms with van der Waals surface area (Å²) in [6, 6.07) is 0. The van der Waals surface area contributed by atoms with Gasteiger partial charge in [0.25, 0.3) is 0 Å². The van der Waals surface area contributed by atoms with E-state index in [0.29, 0.717) is 71.0 Å². The van der Waals surface area contributed by atoms with E-state index < -0.39 is 45.5 Å². The fourth-order valence-corrected chi connectivity index (χ4v) is 17.4. The third kappa shape index (κ3) is 7.47. The maximum atomic E-state index is 11.1. The fraction of sp³-hybridized carbons (Fsp3) is 0.909. The van der Waals surface area contributed by atoms with Crippen LogP contribution in [0.3, 0.4) is 0 Å². The minimum absolute atomic E-state index is 0. The normalized spacial score (nSPS) is 50.5. The minimum Gasteiger partial charge on any atom is -0.550 e. The van der Waals surface area contributed by atoms with Gasteiger partial charge >= 0.3 is 39.0 Å². The molecule has 0 amide bonds. The summed E-state index contributed by atoms with van der Waals surface area (Å²) in [5.41, 5.74) is -1.58. The molecule has 16 rings (SSSR count). The summed E-state index contributed by atoms with van der Waals surface area (Å²) in [5, 5.41) is 44.6. The molecule has 0 atom stereocenters. The molecule has 0 heterocycles. The Labute approximate surface area is 347 Å². The van der Waals surface area contributed by atoms with Crippen LogP contribution in [0.2, 0.25) is 0 Å². The molecule has 16 saturated carbocycles. The Morgan fingerprint density at radius 3 is 0.426 bits per heavy atom. The van der Waals surface area contributed by atoms with Crippen LogP contribution >= 0.6 is 0 Å². The van der Waals surface area contributed by atoms with Crippen molar-refractivity contribution in [1.29, 1.82) is 0 Å². The maximum absolute atomic E-state index is 11.1. The predicted octanol–water partition coefficient (Wildman–Crippen LogP) is 3.81. The van der Waals surface area contributed by atoms with Crippen molar-refractivity contribution < 1.29 is 78.6 Å². The number of carbonyl (C=O) groups is 4. The molecule has 16 aliphatic rings. The Balaban J connectivity index is 0.000000110. The molecular formula is C44H60O8Rh2. The van der Waals surface area contributed by atoms with E-state index in [2.05, 4.69) is 0 Å². The van der Waals surface area contributed by atoms with Crippen LogP contribution in [0, 0.1) is 92.7 Å². The number of aliphatic carboxylic acids is 4. The van der Waals surface area contributed by atoms with Crippen LogP contribution in [0.4, 0.5) is 0 Å². The van der Waals surface area contributed by atoms with E-state index in [4.69, 9.17) is 0 Å². The number of rotatable bonds is 4. The molecule has 10 heteroatoms. The molecule has 16 bridgehead atoms. The van der Waals surface area contributed by atoms with Gasteiger partial charge in [0.15, 0.2) is 0 Å². The standard InChI is InChI=1S/4C11H16O2.2Rh/c4*12-10(13)11-4-7-1-8(5-11)3-9(2-7)6-11;;/h4*7-9H,1-6H2,(H,12,13);;/q;;;;2*+2/p-4. The van der Waals surface area contributed by atoms with E-state index in [1.165, 1.54) is 77.0 Å². The van der Waals surface area contributed by atoms with Crippen LogP contribution in [0.5, 0.6) is 0 Å². The van der Waals surface area contributed by atoms with Gasteiger partial charge in [-0.1, -0.05) is 0 Å². The van der Waals surface area contributed by atoms with Gasteiger partial charge in [-0.15, -0.1) is 0 Å². The molecule has 16 aliphatic carbocycles. The van der Waals surface area contributed by atoms with Gasteiger partial charge in [-0.3, -0.25) is 0 Å². The van der Waals surface area contributed by atoms with E-state index in [9.17, 15) is 39.6 Å². The third-order valence-corrected chi connectivity index (χ3v) is 17.9. The summed E-state index contributed by atoms with van der Waals surface area (Å²) in [7, 11) is 0. The molecule has 0 spiro atoms. The second kappa shape index (κ2) is 15.1. The van der Waals surface area contributed by atoms with Crippen molar-refractivity contribution in [2.75, 3.05) is 0 Å². The van der Waals surface area contributed by atoms with Gasteiger partial charge in [-0.2, -0.15) is 0 Å². The van der Waals surface area contributed by atoms with Crippen LogP contribution in [0.1, 0.15) is 154 Å². The first-order chi connectivity index (χ1) is 24.7.